The van der Waals surface area contributed by atoms with E-state index in [1.807, 2.05) is 18.2 Å². The highest BCUT2D eigenvalue weighted by Crippen LogP contribution is 2.35. The van der Waals surface area contributed by atoms with Crippen molar-refractivity contribution in [2.75, 3.05) is 26.1 Å². The second-order valence-corrected chi connectivity index (χ2v) is 6.92. The predicted molar refractivity (Wildman–Crippen MR) is 119 cm³/mol. The zero-order valence-corrected chi connectivity index (χ0v) is 17.6. The Bertz CT molecular complexity index is 1190. The van der Waals surface area contributed by atoms with Crippen molar-refractivity contribution in [3.63, 3.8) is 0 Å². The van der Waals surface area contributed by atoms with Crippen molar-refractivity contribution >= 4 is 23.5 Å². The molecule has 1 aliphatic heterocycles. The first-order valence-electron chi connectivity index (χ1n) is 9.85. The van der Waals surface area contributed by atoms with E-state index in [2.05, 4.69) is 5.32 Å². The maximum Gasteiger partial charge on any atom is 0.262 e. The van der Waals surface area contributed by atoms with Gasteiger partial charge in [-0.15, -0.1) is 0 Å². The molecule has 0 fully saturated rings. The summed E-state index contributed by atoms with van der Waals surface area (Å²) in [5, 5.41) is 2.75. The van der Waals surface area contributed by atoms with E-state index in [1.165, 1.54) is 7.11 Å². The number of hydrogen-bond acceptors (Lipinski definition) is 6. The first-order chi connectivity index (χ1) is 15.6. The van der Waals surface area contributed by atoms with Gasteiger partial charge >= 0.3 is 0 Å². The molecule has 0 bridgehead atoms. The molecular weight excluding hydrogens is 410 g/mol. The lowest BCUT2D eigenvalue weighted by Crippen LogP contribution is -2.20. The average molecular weight is 431 g/mol. The van der Waals surface area contributed by atoms with Gasteiger partial charge in [-0.3, -0.25) is 9.59 Å². The van der Waals surface area contributed by atoms with Crippen LogP contribution in [0.1, 0.15) is 15.9 Å². The van der Waals surface area contributed by atoms with E-state index >= 15 is 0 Å². The van der Waals surface area contributed by atoms with Crippen LogP contribution >= 0.6 is 0 Å². The summed E-state index contributed by atoms with van der Waals surface area (Å²) in [5.41, 5.74) is 1.86. The number of Topliss-reactive ketones (excluding diaryl/α,β-unsaturated/α-hetero) is 1. The van der Waals surface area contributed by atoms with Gasteiger partial charge in [0.1, 0.15) is 11.5 Å². The Balaban J connectivity index is 1.45. The molecule has 3 aromatic carbocycles. The van der Waals surface area contributed by atoms with Gasteiger partial charge in [-0.25, -0.2) is 0 Å². The third-order valence-corrected chi connectivity index (χ3v) is 4.78. The number of benzene rings is 3. The van der Waals surface area contributed by atoms with Gasteiger partial charge in [-0.2, -0.15) is 0 Å². The van der Waals surface area contributed by atoms with Crippen LogP contribution in [-0.4, -0.2) is 32.5 Å². The molecule has 7 nitrogen and oxygen atoms in total. The number of rotatable bonds is 7. The van der Waals surface area contributed by atoms with Crippen LogP contribution in [0.15, 0.2) is 72.5 Å². The monoisotopic (exact) mass is 431 g/mol. The van der Waals surface area contributed by atoms with Gasteiger partial charge in [0.25, 0.3) is 5.91 Å². The lowest BCUT2D eigenvalue weighted by Gasteiger charge is -2.11. The molecule has 0 spiro atoms. The van der Waals surface area contributed by atoms with Crippen LogP contribution in [0.3, 0.4) is 0 Å². The molecule has 0 saturated heterocycles. The Morgan fingerprint density at radius 2 is 1.78 bits per heavy atom. The fourth-order valence-electron chi connectivity index (χ4n) is 3.20. The number of carbonyl (C=O) groups excluding carboxylic acids is 2. The van der Waals surface area contributed by atoms with Gasteiger partial charge in [0.05, 0.1) is 19.8 Å². The van der Waals surface area contributed by atoms with Crippen molar-refractivity contribution in [1.29, 1.82) is 0 Å². The second kappa shape index (κ2) is 9.26. The van der Waals surface area contributed by atoms with Gasteiger partial charge in [-0.05, 0) is 48.0 Å². The molecule has 0 radical (unpaired) electrons. The highest BCUT2D eigenvalue weighted by molar-refractivity contribution is 6.14. The molecule has 0 atom stereocenters. The van der Waals surface area contributed by atoms with E-state index in [0.717, 1.165) is 0 Å². The second-order valence-electron chi connectivity index (χ2n) is 6.92. The third-order valence-electron chi connectivity index (χ3n) is 4.78. The average Bonchev–Trinajstić information content (AvgIpc) is 3.13. The fourth-order valence-corrected chi connectivity index (χ4v) is 3.20. The van der Waals surface area contributed by atoms with Crippen LogP contribution in [0.4, 0.5) is 5.69 Å². The molecule has 32 heavy (non-hydrogen) atoms. The lowest BCUT2D eigenvalue weighted by atomic mass is 10.1. The molecule has 0 aliphatic carbocycles. The van der Waals surface area contributed by atoms with Crippen LogP contribution in [0.25, 0.3) is 6.08 Å². The Morgan fingerprint density at radius 1 is 0.969 bits per heavy atom. The minimum absolute atomic E-state index is 0.176. The number of ketones is 1. The molecule has 162 valence electrons. The third kappa shape index (κ3) is 4.57. The minimum atomic E-state index is -0.289. The topological polar surface area (TPSA) is 83.1 Å². The van der Waals surface area contributed by atoms with E-state index in [0.29, 0.717) is 39.8 Å². The largest absolute Gasteiger partial charge is 0.497 e. The molecule has 3 aromatic rings. The smallest absolute Gasteiger partial charge is 0.262 e. The van der Waals surface area contributed by atoms with Crippen molar-refractivity contribution in [2.24, 2.45) is 0 Å². The Labute approximate surface area is 185 Å². The maximum atomic E-state index is 12.6. The van der Waals surface area contributed by atoms with E-state index in [9.17, 15) is 9.59 Å². The molecule has 4 rings (SSSR count). The van der Waals surface area contributed by atoms with Crippen molar-refractivity contribution in [1.82, 2.24) is 0 Å². The number of para-hydroxylation sites is 1. The SMILES string of the molecule is COc1ccc2c(c1)O/C(=C\c1ccc(OCC(=O)Nc3ccccc3)c(OC)c1)C2=O. The number of fused-ring (bicyclic) bond motifs is 1. The molecule has 1 N–H and O–H groups in total. The molecule has 7 heteroatoms. The summed E-state index contributed by atoms with van der Waals surface area (Å²) < 4.78 is 21.9. The van der Waals surface area contributed by atoms with Crippen molar-refractivity contribution in [3.05, 3.63) is 83.6 Å². The molecular formula is C25H21NO6. The Morgan fingerprint density at radius 3 is 2.53 bits per heavy atom. The van der Waals surface area contributed by atoms with Gasteiger partial charge in [0.15, 0.2) is 23.9 Å². The van der Waals surface area contributed by atoms with Crippen LogP contribution in [-0.2, 0) is 4.79 Å². The molecule has 1 heterocycles. The van der Waals surface area contributed by atoms with Crippen molar-refractivity contribution in [3.8, 4) is 23.0 Å². The van der Waals surface area contributed by atoms with Gasteiger partial charge in [0, 0.05) is 11.8 Å². The van der Waals surface area contributed by atoms with Crippen LogP contribution in [0, 0.1) is 0 Å². The number of methoxy groups -OCH3 is 2. The van der Waals surface area contributed by atoms with Gasteiger partial charge < -0.3 is 24.3 Å². The quantitative estimate of drug-likeness (QED) is 0.561. The first-order valence-corrected chi connectivity index (χ1v) is 9.85. The number of anilines is 1. The molecule has 0 aromatic heterocycles. The number of ether oxygens (including phenoxy) is 4. The van der Waals surface area contributed by atoms with Crippen LogP contribution < -0.4 is 24.3 Å². The zero-order valence-electron chi connectivity index (χ0n) is 17.6. The summed E-state index contributed by atoms with van der Waals surface area (Å²) in [6.07, 6.45) is 1.63. The fraction of sp³-hybridized carbons (Fsp3) is 0.120. The van der Waals surface area contributed by atoms with Crippen LogP contribution in [0.2, 0.25) is 0 Å². The first kappa shape index (κ1) is 21.0. The number of nitrogens with one attached hydrogen (secondary N) is 1. The van der Waals surface area contributed by atoms with E-state index in [4.69, 9.17) is 18.9 Å². The van der Waals surface area contributed by atoms with Crippen LogP contribution in [0.5, 0.6) is 23.0 Å². The highest BCUT2D eigenvalue weighted by atomic mass is 16.5. The zero-order chi connectivity index (χ0) is 22.5. The number of amides is 1. The number of allylic oxidation sites excluding steroid dienone is 1. The molecule has 0 unspecified atom stereocenters. The Hall–Kier alpha value is -4.26. The van der Waals surface area contributed by atoms with Gasteiger partial charge in [0.2, 0.25) is 5.78 Å². The summed E-state index contributed by atoms with van der Waals surface area (Å²) in [5.74, 6) is 1.60. The van der Waals surface area contributed by atoms with E-state index < -0.39 is 0 Å². The van der Waals surface area contributed by atoms with Crippen molar-refractivity contribution < 1.29 is 28.5 Å². The summed E-state index contributed by atoms with van der Waals surface area (Å²) in [6, 6.07) is 19.3. The standard InChI is InChI=1S/C25H21NO6/c1-29-18-9-10-19-21(14-18)32-23(25(19)28)13-16-8-11-20(22(12-16)30-2)31-15-24(27)26-17-6-4-3-5-7-17/h3-14H,15H2,1-2H3,(H,26,27)/b23-13-. The van der Waals surface area contributed by atoms with E-state index in [-0.39, 0.29) is 24.1 Å². The predicted octanol–water partition coefficient (Wildman–Crippen LogP) is 4.34. The number of carbonyl (C=O) groups is 2. The van der Waals surface area contributed by atoms with Gasteiger partial charge in [-0.1, -0.05) is 24.3 Å². The van der Waals surface area contributed by atoms with Crippen molar-refractivity contribution in [2.45, 2.75) is 0 Å². The summed E-state index contributed by atoms with van der Waals surface area (Å²) in [4.78, 5) is 24.7. The summed E-state index contributed by atoms with van der Waals surface area (Å²) in [7, 11) is 3.05. The minimum Gasteiger partial charge on any atom is -0.497 e. The lowest BCUT2D eigenvalue weighted by molar-refractivity contribution is -0.118. The number of hydrogen-bond donors (Lipinski definition) is 1. The Kier molecular flexibility index (Phi) is 6.07. The maximum absolute atomic E-state index is 12.6. The molecule has 1 amide bonds. The van der Waals surface area contributed by atoms with E-state index in [1.54, 1.807) is 61.7 Å². The summed E-state index contributed by atoms with van der Waals surface area (Å²) >= 11 is 0. The summed E-state index contributed by atoms with van der Waals surface area (Å²) in [6.45, 7) is -0.176. The highest BCUT2D eigenvalue weighted by Gasteiger charge is 2.27. The normalized spacial score (nSPS) is 13.3. The molecule has 0 saturated carbocycles. The molecule has 1 aliphatic rings.